The molecule has 0 radical (unpaired) electrons. The van der Waals surface area contributed by atoms with Crippen molar-refractivity contribution in [2.75, 3.05) is 7.05 Å². The summed E-state index contributed by atoms with van der Waals surface area (Å²) in [5.74, 6) is 0. The van der Waals surface area contributed by atoms with Gasteiger partial charge in [-0.3, -0.25) is 4.79 Å². The van der Waals surface area contributed by atoms with Crippen LogP contribution >= 0.6 is 11.3 Å². The van der Waals surface area contributed by atoms with Crippen LogP contribution in [0.25, 0.3) is 0 Å². The molecule has 1 aliphatic carbocycles. The van der Waals surface area contributed by atoms with E-state index in [0.29, 0.717) is 6.04 Å². The Morgan fingerprint density at radius 1 is 1.67 bits per heavy atom. The van der Waals surface area contributed by atoms with E-state index in [1.807, 2.05) is 7.05 Å². The number of hydrogen-bond acceptors (Lipinski definition) is 3. The third-order valence-electron chi connectivity index (χ3n) is 2.34. The molecule has 66 valence electrons. The summed E-state index contributed by atoms with van der Waals surface area (Å²) in [7, 11) is 1.95. The lowest BCUT2D eigenvalue weighted by atomic mass is 9.98. The van der Waals surface area contributed by atoms with E-state index in [0.717, 1.165) is 18.5 Å². The number of aromatic amines is 1. The van der Waals surface area contributed by atoms with Crippen molar-refractivity contribution in [2.45, 2.75) is 25.3 Å². The summed E-state index contributed by atoms with van der Waals surface area (Å²) in [6, 6.07) is 0.401. The van der Waals surface area contributed by atoms with Gasteiger partial charge in [-0.25, -0.2) is 0 Å². The largest absolute Gasteiger partial charge is 0.316 e. The van der Waals surface area contributed by atoms with E-state index in [9.17, 15) is 4.79 Å². The number of aryl methyl sites for hydroxylation is 1. The van der Waals surface area contributed by atoms with Gasteiger partial charge in [-0.2, -0.15) is 0 Å². The SMILES string of the molecule is CNC1CCCc2[nH]c(=O)sc21. The van der Waals surface area contributed by atoms with E-state index in [-0.39, 0.29) is 4.87 Å². The molecule has 1 aliphatic rings. The summed E-state index contributed by atoms with van der Waals surface area (Å²) in [6.07, 6.45) is 3.36. The van der Waals surface area contributed by atoms with Gasteiger partial charge < -0.3 is 10.3 Å². The first kappa shape index (κ1) is 8.01. The zero-order valence-electron chi connectivity index (χ0n) is 7.02. The number of thiazole rings is 1. The van der Waals surface area contributed by atoms with Crippen LogP contribution in [-0.4, -0.2) is 12.0 Å². The predicted octanol–water partition coefficient (Wildman–Crippen LogP) is 1.03. The van der Waals surface area contributed by atoms with Gasteiger partial charge in [0.2, 0.25) is 0 Å². The highest BCUT2D eigenvalue weighted by molar-refractivity contribution is 7.09. The van der Waals surface area contributed by atoms with Gasteiger partial charge in [0, 0.05) is 16.6 Å². The Hall–Kier alpha value is -0.610. The Kier molecular flexibility index (Phi) is 2.02. The van der Waals surface area contributed by atoms with E-state index in [1.165, 1.54) is 22.6 Å². The van der Waals surface area contributed by atoms with Gasteiger partial charge in [-0.15, -0.1) is 0 Å². The Labute approximate surface area is 74.8 Å². The normalized spacial score (nSPS) is 22.2. The van der Waals surface area contributed by atoms with Crippen LogP contribution in [0.1, 0.15) is 29.5 Å². The lowest BCUT2D eigenvalue weighted by Gasteiger charge is -2.20. The van der Waals surface area contributed by atoms with Crippen molar-refractivity contribution < 1.29 is 0 Å². The fourth-order valence-corrected chi connectivity index (χ4v) is 2.76. The van der Waals surface area contributed by atoms with E-state index in [2.05, 4.69) is 10.3 Å². The van der Waals surface area contributed by atoms with Crippen molar-refractivity contribution in [2.24, 2.45) is 0 Å². The van der Waals surface area contributed by atoms with Crippen molar-refractivity contribution in [3.8, 4) is 0 Å². The number of aromatic nitrogens is 1. The van der Waals surface area contributed by atoms with Crippen LogP contribution in [0.3, 0.4) is 0 Å². The minimum atomic E-state index is 0.0853. The van der Waals surface area contributed by atoms with Gasteiger partial charge >= 0.3 is 4.87 Å². The van der Waals surface area contributed by atoms with E-state index in [1.54, 1.807) is 0 Å². The molecule has 0 saturated carbocycles. The number of H-pyrrole nitrogens is 1. The molecular formula is C8H12N2OS. The van der Waals surface area contributed by atoms with Crippen molar-refractivity contribution in [3.05, 3.63) is 20.2 Å². The molecule has 1 aromatic heterocycles. The monoisotopic (exact) mass is 184 g/mol. The van der Waals surface area contributed by atoms with Crippen LogP contribution in [0.5, 0.6) is 0 Å². The summed E-state index contributed by atoms with van der Waals surface area (Å²) in [5, 5.41) is 3.22. The Balaban J connectivity index is 2.43. The first-order valence-corrected chi connectivity index (χ1v) is 5.02. The van der Waals surface area contributed by atoms with Crippen LogP contribution in [0.4, 0.5) is 0 Å². The molecule has 0 amide bonds. The highest BCUT2D eigenvalue weighted by Gasteiger charge is 2.21. The average molecular weight is 184 g/mol. The standard InChI is InChI=1S/C8H12N2OS/c1-9-5-3-2-4-6-7(5)12-8(11)10-6/h5,9H,2-4H2,1H3,(H,10,11). The second-order valence-corrected chi connectivity index (χ2v) is 4.11. The minimum absolute atomic E-state index is 0.0853. The predicted molar refractivity (Wildman–Crippen MR) is 49.7 cm³/mol. The Morgan fingerprint density at radius 3 is 3.25 bits per heavy atom. The van der Waals surface area contributed by atoms with Crippen LogP contribution in [0.15, 0.2) is 4.79 Å². The van der Waals surface area contributed by atoms with Crippen molar-refractivity contribution in [1.82, 2.24) is 10.3 Å². The zero-order valence-corrected chi connectivity index (χ0v) is 7.83. The smallest absolute Gasteiger partial charge is 0.304 e. The first-order chi connectivity index (χ1) is 5.81. The fourth-order valence-electron chi connectivity index (χ4n) is 1.73. The van der Waals surface area contributed by atoms with Gasteiger partial charge in [-0.1, -0.05) is 11.3 Å². The van der Waals surface area contributed by atoms with Crippen LogP contribution in [0.2, 0.25) is 0 Å². The summed E-state index contributed by atoms with van der Waals surface area (Å²) in [4.78, 5) is 15.2. The second kappa shape index (κ2) is 3.03. The lowest BCUT2D eigenvalue weighted by molar-refractivity contribution is 0.501. The van der Waals surface area contributed by atoms with Crippen LogP contribution in [0, 0.1) is 0 Å². The second-order valence-electron chi connectivity index (χ2n) is 3.09. The molecule has 0 bridgehead atoms. The minimum Gasteiger partial charge on any atom is -0.316 e. The summed E-state index contributed by atoms with van der Waals surface area (Å²) < 4.78 is 0. The number of fused-ring (bicyclic) bond motifs is 1. The molecule has 0 fully saturated rings. The molecule has 2 N–H and O–H groups in total. The molecule has 0 aromatic carbocycles. The van der Waals surface area contributed by atoms with Crippen LogP contribution in [-0.2, 0) is 6.42 Å². The summed E-state index contributed by atoms with van der Waals surface area (Å²) >= 11 is 1.35. The highest BCUT2D eigenvalue weighted by atomic mass is 32.1. The average Bonchev–Trinajstić information content (AvgIpc) is 2.44. The first-order valence-electron chi connectivity index (χ1n) is 4.20. The van der Waals surface area contributed by atoms with Gasteiger partial charge in [-0.05, 0) is 26.3 Å². The zero-order chi connectivity index (χ0) is 8.55. The molecule has 3 nitrogen and oxygen atoms in total. The van der Waals surface area contributed by atoms with Crippen molar-refractivity contribution in [3.63, 3.8) is 0 Å². The lowest BCUT2D eigenvalue weighted by Crippen LogP contribution is -2.19. The molecule has 0 saturated heterocycles. The van der Waals surface area contributed by atoms with Crippen LogP contribution < -0.4 is 10.2 Å². The van der Waals surface area contributed by atoms with Gasteiger partial charge in [0.05, 0.1) is 0 Å². The van der Waals surface area contributed by atoms with Crippen molar-refractivity contribution >= 4 is 11.3 Å². The van der Waals surface area contributed by atoms with E-state index in [4.69, 9.17) is 0 Å². The molecule has 1 unspecified atom stereocenters. The molecule has 1 aromatic rings. The third kappa shape index (κ3) is 1.21. The molecule has 0 spiro atoms. The topological polar surface area (TPSA) is 44.9 Å². The van der Waals surface area contributed by atoms with Crippen molar-refractivity contribution in [1.29, 1.82) is 0 Å². The molecule has 0 aliphatic heterocycles. The quantitative estimate of drug-likeness (QED) is 0.684. The summed E-state index contributed by atoms with van der Waals surface area (Å²) in [5.41, 5.74) is 1.15. The highest BCUT2D eigenvalue weighted by Crippen LogP contribution is 2.29. The number of hydrogen-bond donors (Lipinski definition) is 2. The van der Waals surface area contributed by atoms with E-state index < -0.39 is 0 Å². The molecule has 1 atom stereocenters. The number of rotatable bonds is 1. The Bertz CT molecular complexity index is 328. The third-order valence-corrected chi connectivity index (χ3v) is 3.38. The summed E-state index contributed by atoms with van der Waals surface area (Å²) in [6.45, 7) is 0. The maximum atomic E-state index is 11.1. The number of nitrogens with one attached hydrogen (secondary N) is 2. The molecular weight excluding hydrogens is 172 g/mol. The molecule has 4 heteroatoms. The molecule has 2 rings (SSSR count). The van der Waals surface area contributed by atoms with E-state index >= 15 is 0 Å². The fraction of sp³-hybridized carbons (Fsp3) is 0.625. The Morgan fingerprint density at radius 2 is 2.50 bits per heavy atom. The maximum Gasteiger partial charge on any atom is 0.304 e. The van der Waals surface area contributed by atoms with Gasteiger partial charge in [0.15, 0.2) is 0 Å². The molecule has 1 heterocycles. The van der Waals surface area contributed by atoms with Gasteiger partial charge in [0.1, 0.15) is 0 Å². The molecule has 12 heavy (non-hydrogen) atoms. The maximum absolute atomic E-state index is 11.1. The van der Waals surface area contributed by atoms with Gasteiger partial charge in [0.25, 0.3) is 0 Å².